The molecule has 1 aromatic heterocycles. The molecular weight excluding hydrogens is 357 g/mol. The first-order valence-electron chi connectivity index (χ1n) is 6.81. The standard InChI is InChI=1S/C15H13Cl2N3O4/c1-8-3-4-13(12(5-8)20(22)23)24-9(2)15(21)19-14-11(17)6-10(16)7-18-14/h3-7,9H,1-2H3,(H,18,19,21)/t9-/m1/s1. The number of halogens is 2. The van der Waals surface area contributed by atoms with Crippen LogP contribution in [0.15, 0.2) is 30.5 Å². The van der Waals surface area contributed by atoms with Crippen molar-refractivity contribution in [2.24, 2.45) is 0 Å². The lowest BCUT2D eigenvalue weighted by Crippen LogP contribution is -2.30. The fourth-order valence-electron chi connectivity index (χ4n) is 1.84. The van der Waals surface area contributed by atoms with E-state index in [1.807, 2.05) is 0 Å². The van der Waals surface area contributed by atoms with Gasteiger partial charge in [-0.1, -0.05) is 29.3 Å². The Labute approximate surface area is 147 Å². The first kappa shape index (κ1) is 18.0. The first-order chi connectivity index (χ1) is 11.3. The summed E-state index contributed by atoms with van der Waals surface area (Å²) in [7, 11) is 0. The summed E-state index contributed by atoms with van der Waals surface area (Å²) < 4.78 is 5.41. The number of carbonyl (C=O) groups is 1. The van der Waals surface area contributed by atoms with Gasteiger partial charge in [0, 0.05) is 12.3 Å². The van der Waals surface area contributed by atoms with Gasteiger partial charge in [0.05, 0.1) is 15.0 Å². The van der Waals surface area contributed by atoms with Crippen LogP contribution < -0.4 is 10.1 Å². The highest BCUT2D eigenvalue weighted by Gasteiger charge is 2.22. The third-order valence-electron chi connectivity index (χ3n) is 3.03. The van der Waals surface area contributed by atoms with Crippen molar-refractivity contribution in [3.63, 3.8) is 0 Å². The quantitative estimate of drug-likeness (QED) is 0.634. The van der Waals surface area contributed by atoms with Gasteiger partial charge in [-0.15, -0.1) is 0 Å². The Morgan fingerprint density at radius 1 is 1.38 bits per heavy atom. The monoisotopic (exact) mass is 369 g/mol. The molecule has 0 unspecified atom stereocenters. The second-order valence-electron chi connectivity index (χ2n) is 4.96. The Balaban J connectivity index is 2.13. The number of amides is 1. The van der Waals surface area contributed by atoms with Crippen molar-refractivity contribution in [3.8, 4) is 5.75 Å². The van der Waals surface area contributed by atoms with Gasteiger partial charge in [-0.3, -0.25) is 14.9 Å². The van der Waals surface area contributed by atoms with Gasteiger partial charge in [-0.2, -0.15) is 0 Å². The molecule has 1 N–H and O–H groups in total. The van der Waals surface area contributed by atoms with Crippen LogP contribution in [0.5, 0.6) is 5.75 Å². The van der Waals surface area contributed by atoms with Crippen LogP contribution in [0.25, 0.3) is 0 Å². The summed E-state index contributed by atoms with van der Waals surface area (Å²) in [6.07, 6.45) is 0.333. The van der Waals surface area contributed by atoms with Crippen LogP contribution in [-0.2, 0) is 4.79 Å². The molecule has 7 nitrogen and oxygen atoms in total. The number of benzene rings is 1. The van der Waals surface area contributed by atoms with E-state index in [9.17, 15) is 14.9 Å². The molecule has 9 heteroatoms. The number of carbonyl (C=O) groups excluding carboxylic acids is 1. The molecule has 126 valence electrons. The maximum Gasteiger partial charge on any atom is 0.311 e. The van der Waals surface area contributed by atoms with E-state index in [0.717, 1.165) is 0 Å². The minimum absolute atomic E-state index is 0.00316. The van der Waals surface area contributed by atoms with Gasteiger partial charge < -0.3 is 10.1 Å². The number of nitrogens with zero attached hydrogens (tertiary/aromatic N) is 2. The van der Waals surface area contributed by atoms with Gasteiger partial charge in [-0.25, -0.2) is 4.98 Å². The number of ether oxygens (including phenoxy) is 1. The maximum absolute atomic E-state index is 12.2. The highest BCUT2D eigenvalue weighted by molar-refractivity contribution is 6.36. The number of nitrogens with one attached hydrogen (secondary N) is 1. The Bertz CT molecular complexity index is 798. The highest BCUT2D eigenvalue weighted by atomic mass is 35.5. The zero-order chi connectivity index (χ0) is 17.9. The van der Waals surface area contributed by atoms with E-state index >= 15 is 0 Å². The first-order valence-corrected chi connectivity index (χ1v) is 7.57. The van der Waals surface area contributed by atoms with Gasteiger partial charge in [0.15, 0.2) is 17.7 Å². The largest absolute Gasteiger partial charge is 0.474 e. The number of hydrogen-bond acceptors (Lipinski definition) is 5. The second kappa shape index (κ2) is 7.46. The number of aromatic nitrogens is 1. The molecule has 1 amide bonds. The molecule has 0 saturated carbocycles. The van der Waals surface area contributed by atoms with E-state index < -0.39 is 16.9 Å². The predicted molar refractivity (Wildman–Crippen MR) is 90.8 cm³/mol. The maximum atomic E-state index is 12.2. The molecule has 0 aliphatic heterocycles. The van der Waals surface area contributed by atoms with Crippen molar-refractivity contribution in [1.82, 2.24) is 4.98 Å². The van der Waals surface area contributed by atoms with E-state index in [2.05, 4.69) is 10.3 Å². The molecule has 1 atom stereocenters. The summed E-state index contributed by atoms with van der Waals surface area (Å²) in [5.74, 6) is -0.426. The topological polar surface area (TPSA) is 94.4 Å². The van der Waals surface area contributed by atoms with Crippen LogP contribution in [0.3, 0.4) is 0 Å². The average molecular weight is 370 g/mol. The fourth-order valence-corrected chi connectivity index (χ4v) is 2.27. The molecule has 2 rings (SSSR count). The highest BCUT2D eigenvalue weighted by Crippen LogP contribution is 2.29. The lowest BCUT2D eigenvalue weighted by atomic mass is 10.2. The van der Waals surface area contributed by atoms with Gasteiger partial charge in [-0.05, 0) is 31.5 Å². The van der Waals surface area contributed by atoms with Crippen LogP contribution in [0.2, 0.25) is 10.0 Å². The average Bonchev–Trinajstić information content (AvgIpc) is 2.51. The molecule has 0 bridgehead atoms. The molecule has 0 aliphatic rings. The number of pyridine rings is 1. The Morgan fingerprint density at radius 2 is 2.08 bits per heavy atom. The van der Waals surface area contributed by atoms with Crippen LogP contribution >= 0.6 is 23.2 Å². The number of nitro groups is 1. The summed E-state index contributed by atoms with van der Waals surface area (Å²) >= 11 is 11.7. The van der Waals surface area contributed by atoms with Crippen LogP contribution in [0.4, 0.5) is 11.5 Å². The molecule has 0 aliphatic carbocycles. The second-order valence-corrected chi connectivity index (χ2v) is 5.81. The van der Waals surface area contributed by atoms with E-state index in [-0.39, 0.29) is 22.3 Å². The zero-order valence-electron chi connectivity index (χ0n) is 12.7. The smallest absolute Gasteiger partial charge is 0.311 e. The lowest BCUT2D eigenvalue weighted by Gasteiger charge is -2.15. The Hall–Kier alpha value is -2.38. The summed E-state index contributed by atoms with van der Waals surface area (Å²) in [5.41, 5.74) is 0.501. The molecule has 24 heavy (non-hydrogen) atoms. The molecule has 0 radical (unpaired) electrons. The summed E-state index contributed by atoms with van der Waals surface area (Å²) in [6.45, 7) is 3.18. The third-order valence-corrected chi connectivity index (χ3v) is 3.53. The van der Waals surface area contributed by atoms with E-state index in [0.29, 0.717) is 10.6 Å². The SMILES string of the molecule is Cc1ccc(O[C@H](C)C(=O)Nc2ncc(Cl)cc2Cl)c([N+](=O)[O-])c1. The predicted octanol–water partition coefficient (Wildman–Crippen LogP) is 4.01. The van der Waals surface area contributed by atoms with Crippen LogP contribution in [0.1, 0.15) is 12.5 Å². The van der Waals surface area contributed by atoms with Crippen molar-refractivity contribution in [1.29, 1.82) is 0 Å². The zero-order valence-corrected chi connectivity index (χ0v) is 14.3. The van der Waals surface area contributed by atoms with Gasteiger partial charge in [0.2, 0.25) is 0 Å². The summed E-state index contributed by atoms with van der Waals surface area (Å²) in [4.78, 5) is 26.6. The molecule has 0 spiro atoms. The normalized spacial score (nSPS) is 11.7. The Kier molecular flexibility index (Phi) is 5.58. The minimum Gasteiger partial charge on any atom is -0.474 e. The van der Waals surface area contributed by atoms with Crippen LogP contribution in [-0.4, -0.2) is 21.9 Å². The summed E-state index contributed by atoms with van der Waals surface area (Å²) in [6, 6.07) is 5.91. The number of hydrogen-bond donors (Lipinski definition) is 1. The molecule has 0 fully saturated rings. The molecule has 1 aromatic carbocycles. The Morgan fingerprint density at radius 3 is 2.71 bits per heavy atom. The third kappa shape index (κ3) is 4.33. The molecule has 0 saturated heterocycles. The van der Waals surface area contributed by atoms with E-state index in [1.165, 1.54) is 31.3 Å². The summed E-state index contributed by atoms with van der Waals surface area (Å²) in [5, 5.41) is 14.1. The van der Waals surface area contributed by atoms with Crippen molar-refractivity contribution in [2.75, 3.05) is 5.32 Å². The van der Waals surface area contributed by atoms with Crippen LogP contribution in [0, 0.1) is 17.0 Å². The number of rotatable bonds is 5. The molecular formula is C15H13Cl2N3O4. The van der Waals surface area contributed by atoms with Gasteiger partial charge >= 0.3 is 5.69 Å². The van der Waals surface area contributed by atoms with Crippen molar-refractivity contribution < 1.29 is 14.5 Å². The molecule has 2 aromatic rings. The minimum atomic E-state index is -1.00. The number of aryl methyl sites for hydroxylation is 1. The van der Waals surface area contributed by atoms with Crippen molar-refractivity contribution in [3.05, 3.63) is 56.2 Å². The van der Waals surface area contributed by atoms with Crippen molar-refractivity contribution in [2.45, 2.75) is 20.0 Å². The van der Waals surface area contributed by atoms with Gasteiger partial charge in [0.1, 0.15) is 0 Å². The van der Waals surface area contributed by atoms with Gasteiger partial charge in [0.25, 0.3) is 5.91 Å². The van der Waals surface area contributed by atoms with E-state index in [1.54, 1.807) is 13.0 Å². The number of nitro benzene ring substituents is 1. The fraction of sp³-hybridized carbons (Fsp3) is 0.200. The van der Waals surface area contributed by atoms with E-state index in [4.69, 9.17) is 27.9 Å². The van der Waals surface area contributed by atoms with Crippen molar-refractivity contribution >= 4 is 40.6 Å². The number of anilines is 1. The lowest BCUT2D eigenvalue weighted by molar-refractivity contribution is -0.386. The molecule has 1 heterocycles.